The molecule has 1 aromatic heterocycles. The first-order chi connectivity index (χ1) is 8.55. The number of rotatable bonds is 5. The molecule has 1 aliphatic heterocycles. The van der Waals surface area contributed by atoms with E-state index in [1.165, 1.54) is 0 Å². The average Bonchev–Trinajstić information content (AvgIpc) is 2.88. The van der Waals surface area contributed by atoms with Crippen molar-refractivity contribution in [2.45, 2.75) is 19.3 Å². The Balaban J connectivity index is 1.67. The van der Waals surface area contributed by atoms with E-state index in [0.717, 1.165) is 5.82 Å². The molecular weight excluding hydrogens is 254 g/mol. The van der Waals surface area contributed by atoms with Crippen LogP contribution in [0, 0.1) is 5.92 Å². The first-order valence-electron chi connectivity index (χ1n) is 6.00. The van der Waals surface area contributed by atoms with Gasteiger partial charge in [0, 0.05) is 31.8 Å². The number of hydrogen-bond acceptors (Lipinski definition) is 4. The summed E-state index contributed by atoms with van der Waals surface area (Å²) >= 11 is 0. The molecule has 0 radical (unpaired) electrons. The van der Waals surface area contributed by atoms with Crippen molar-refractivity contribution in [1.29, 1.82) is 0 Å². The zero-order valence-electron chi connectivity index (χ0n) is 10.1. The number of hydrogen-bond donors (Lipinski definition) is 2. The van der Waals surface area contributed by atoms with Crippen LogP contribution in [0.3, 0.4) is 0 Å². The maximum absolute atomic E-state index is 11.6. The SMILES string of the molecule is O=C(CC1CCS(=O)(=O)C1)NCCc1ncc[nH]1. The monoisotopic (exact) mass is 271 g/mol. The summed E-state index contributed by atoms with van der Waals surface area (Å²) in [6.07, 6.45) is 4.97. The Morgan fingerprint density at radius 3 is 3.00 bits per heavy atom. The molecule has 1 saturated heterocycles. The molecule has 2 rings (SSSR count). The zero-order valence-corrected chi connectivity index (χ0v) is 10.9. The van der Waals surface area contributed by atoms with Gasteiger partial charge < -0.3 is 10.3 Å². The van der Waals surface area contributed by atoms with E-state index in [2.05, 4.69) is 15.3 Å². The van der Waals surface area contributed by atoms with E-state index in [4.69, 9.17) is 0 Å². The minimum Gasteiger partial charge on any atom is -0.356 e. The Bertz CT molecular complexity index is 496. The molecule has 1 aliphatic rings. The minimum absolute atomic E-state index is 0.0152. The molecule has 7 heteroatoms. The molecule has 1 atom stereocenters. The normalized spacial score (nSPS) is 21.9. The Morgan fingerprint density at radius 2 is 2.39 bits per heavy atom. The average molecular weight is 271 g/mol. The molecule has 100 valence electrons. The lowest BCUT2D eigenvalue weighted by atomic mass is 10.1. The van der Waals surface area contributed by atoms with Gasteiger partial charge in [-0.2, -0.15) is 0 Å². The first kappa shape index (κ1) is 13.1. The second-order valence-corrected chi connectivity index (χ2v) is 6.84. The van der Waals surface area contributed by atoms with Crippen LogP contribution in [0.4, 0.5) is 0 Å². The maximum Gasteiger partial charge on any atom is 0.220 e. The van der Waals surface area contributed by atoms with Gasteiger partial charge in [0.1, 0.15) is 5.82 Å². The highest BCUT2D eigenvalue weighted by Gasteiger charge is 2.29. The van der Waals surface area contributed by atoms with E-state index < -0.39 is 9.84 Å². The van der Waals surface area contributed by atoms with Crippen LogP contribution in [0.15, 0.2) is 12.4 Å². The quantitative estimate of drug-likeness (QED) is 0.782. The number of aromatic nitrogens is 2. The minimum atomic E-state index is -2.89. The highest BCUT2D eigenvalue weighted by Crippen LogP contribution is 2.21. The van der Waals surface area contributed by atoms with Crippen molar-refractivity contribution in [2.75, 3.05) is 18.1 Å². The molecule has 1 fully saturated rings. The Morgan fingerprint density at radius 1 is 1.56 bits per heavy atom. The van der Waals surface area contributed by atoms with Gasteiger partial charge in [-0.1, -0.05) is 0 Å². The number of H-pyrrole nitrogens is 1. The van der Waals surface area contributed by atoms with Gasteiger partial charge in [0.25, 0.3) is 0 Å². The number of imidazole rings is 1. The van der Waals surface area contributed by atoms with Crippen LogP contribution < -0.4 is 5.32 Å². The molecule has 1 unspecified atom stereocenters. The summed E-state index contributed by atoms with van der Waals surface area (Å²) < 4.78 is 22.5. The summed E-state index contributed by atoms with van der Waals surface area (Å²) in [5, 5.41) is 2.78. The Labute approximate surface area is 106 Å². The summed E-state index contributed by atoms with van der Waals surface area (Å²) in [7, 11) is -2.89. The summed E-state index contributed by atoms with van der Waals surface area (Å²) in [4.78, 5) is 18.6. The first-order valence-corrected chi connectivity index (χ1v) is 7.83. The Kier molecular flexibility index (Phi) is 4.00. The highest BCUT2D eigenvalue weighted by atomic mass is 32.2. The van der Waals surface area contributed by atoms with Crippen LogP contribution in [-0.4, -0.2) is 42.3 Å². The lowest BCUT2D eigenvalue weighted by molar-refractivity contribution is -0.121. The molecule has 6 nitrogen and oxygen atoms in total. The van der Waals surface area contributed by atoms with Crippen LogP contribution in [0.5, 0.6) is 0 Å². The summed E-state index contributed by atoms with van der Waals surface area (Å²) in [6, 6.07) is 0. The molecule has 0 aliphatic carbocycles. The van der Waals surface area contributed by atoms with Gasteiger partial charge >= 0.3 is 0 Å². The lowest BCUT2D eigenvalue weighted by Crippen LogP contribution is -2.28. The zero-order chi connectivity index (χ0) is 13.0. The van der Waals surface area contributed by atoms with E-state index in [9.17, 15) is 13.2 Å². The fraction of sp³-hybridized carbons (Fsp3) is 0.636. The molecule has 0 spiro atoms. The molecule has 0 bridgehead atoms. The van der Waals surface area contributed by atoms with Crippen molar-refractivity contribution >= 4 is 15.7 Å². The van der Waals surface area contributed by atoms with Crippen molar-refractivity contribution < 1.29 is 13.2 Å². The van der Waals surface area contributed by atoms with Gasteiger partial charge in [0.15, 0.2) is 9.84 Å². The number of sulfone groups is 1. The van der Waals surface area contributed by atoms with Crippen LogP contribution in [-0.2, 0) is 21.1 Å². The van der Waals surface area contributed by atoms with Crippen molar-refractivity contribution in [3.05, 3.63) is 18.2 Å². The third-order valence-corrected chi connectivity index (χ3v) is 4.88. The van der Waals surface area contributed by atoms with Crippen LogP contribution in [0.2, 0.25) is 0 Å². The summed E-state index contributed by atoms with van der Waals surface area (Å²) in [6.45, 7) is 0.520. The van der Waals surface area contributed by atoms with Gasteiger partial charge in [-0.05, 0) is 12.3 Å². The summed E-state index contributed by atoms with van der Waals surface area (Å²) in [5.74, 6) is 1.11. The molecular formula is C11H17N3O3S. The van der Waals surface area contributed by atoms with Crippen molar-refractivity contribution in [2.24, 2.45) is 5.92 Å². The van der Waals surface area contributed by atoms with Gasteiger partial charge in [0.05, 0.1) is 11.5 Å². The fourth-order valence-corrected chi connectivity index (χ4v) is 3.98. The van der Waals surface area contributed by atoms with Crippen molar-refractivity contribution in [3.8, 4) is 0 Å². The van der Waals surface area contributed by atoms with Gasteiger partial charge in [-0.25, -0.2) is 13.4 Å². The maximum atomic E-state index is 11.6. The topological polar surface area (TPSA) is 91.9 Å². The molecule has 0 aromatic carbocycles. The van der Waals surface area contributed by atoms with Gasteiger partial charge in [-0.15, -0.1) is 0 Å². The Hall–Kier alpha value is -1.37. The van der Waals surface area contributed by atoms with E-state index in [1.807, 2.05) is 0 Å². The number of amides is 1. The van der Waals surface area contributed by atoms with Crippen molar-refractivity contribution in [3.63, 3.8) is 0 Å². The largest absolute Gasteiger partial charge is 0.356 e. The second-order valence-electron chi connectivity index (χ2n) is 4.61. The molecule has 0 saturated carbocycles. The lowest BCUT2D eigenvalue weighted by Gasteiger charge is -2.07. The predicted octanol–water partition coefficient (Wildman–Crippen LogP) is -0.107. The van der Waals surface area contributed by atoms with Crippen LogP contribution >= 0.6 is 0 Å². The number of aromatic amines is 1. The predicted molar refractivity (Wildman–Crippen MR) is 66.7 cm³/mol. The number of nitrogens with one attached hydrogen (secondary N) is 2. The van der Waals surface area contributed by atoms with Gasteiger partial charge in [-0.3, -0.25) is 4.79 Å². The third kappa shape index (κ3) is 3.83. The molecule has 1 amide bonds. The van der Waals surface area contributed by atoms with Crippen LogP contribution in [0.1, 0.15) is 18.7 Å². The fourth-order valence-electron chi connectivity index (χ4n) is 2.12. The molecule has 2 N–H and O–H groups in total. The molecule has 1 aromatic rings. The van der Waals surface area contributed by atoms with E-state index >= 15 is 0 Å². The van der Waals surface area contributed by atoms with Crippen LogP contribution in [0.25, 0.3) is 0 Å². The standard InChI is InChI=1S/C11H17N3O3S/c15-11(7-9-2-6-18(16,17)8-9)14-3-1-10-12-4-5-13-10/h4-5,9H,1-3,6-8H2,(H,12,13)(H,14,15). The molecule has 18 heavy (non-hydrogen) atoms. The summed E-state index contributed by atoms with van der Waals surface area (Å²) in [5.41, 5.74) is 0. The smallest absolute Gasteiger partial charge is 0.220 e. The van der Waals surface area contributed by atoms with E-state index in [1.54, 1.807) is 12.4 Å². The molecule has 2 heterocycles. The van der Waals surface area contributed by atoms with E-state index in [-0.39, 0.29) is 23.3 Å². The second kappa shape index (κ2) is 5.51. The van der Waals surface area contributed by atoms with Crippen molar-refractivity contribution in [1.82, 2.24) is 15.3 Å². The number of carbonyl (C=O) groups excluding carboxylic acids is 1. The van der Waals surface area contributed by atoms with Gasteiger partial charge in [0.2, 0.25) is 5.91 Å². The number of nitrogens with zero attached hydrogens (tertiary/aromatic N) is 1. The number of carbonyl (C=O) groups is 1. The third-order valence-electron chi connectivity index (χ3n) is 3.04. The highest BCUT2D eigenvalue weighted by molar-refractivity contribution is 7.91. The van der Waals surface area contributed by atoms with E-state index in [0.29, 0.717) is 25.8 Å².